The molecule has 13 heavy (non-hydrogen) atoms. The molecule has 1 aromatic rings. The van der Waals surface area contributed by atoms with Gasteiger partial charge in [-0.3, -0.25) is 0 Å². The quantitative estimate of drug-likeness (QED) is 0.631. The lowest BCUT2D eigenvalue weighted by Gasteiger charge is -2.03. The summed E-state index contributed by atoms with van der Waals surface area (Å²) in [6.45, 7) is 5.39. The fraction of sp³-hybridized carbons (Fsp3) is 0.800. The maximum absolute atomic E-state index is 4.05. The van der Waals surface area contributed by atoms with Crippen LogP contribution in [0.2, 0.25) is 0 Å². The van der Waals surface area contributed by atoms with Gasteiger partial charge >= 0.3 is 0 Å². The van der Waals surface area contributed by atoms with Gasteiger partial charge in [0.05, 0.1) is 11.9 Å². The summed E-state index contributed by atoms with van der Waals surface area (Å²) in [6, 6.07) is 0. The Morgan fingerprint density at radius 2 is 2.08 bits per heavy atom. The molecule has 1 aromatic heterocycles. The molecule has 0 aromatic carbocycles. The zero-order valence-electron chi connectivity index (χ0n) is 8.66. The van der Waals surface area contributed by atoms with E-state index in [9.17, 15) is 0 Å². The molecule has 1 rings (SSSR count). The molecule has 3 heteroatoms. The predicted octanol–water partition coefficient (Wildman–Crippen LogP) is 2.42. The van der Waals surface area contributed by atoms with Crippen molar-refractivity contribution in [2.45, 2.75) is 52.5 Å². The second-order valence-electron chi connectivity index (χ2n) is 3.41. The van der Waals surface area contributed by atoms with E-state index in [-0.39, 0.29) is 0 Å². The normalized spacial score (nSPS) is 10.6. The minimum atomic E-state index is 1.00. The van der Waals surface area contributed by atoms with Gasteiger partial charge in [-0.15, -0.1) is 5.10 Å². The largest absolute Gasteiger partial charge is 0.249 e. The Morgan fingerprint density at radius 1 is 1.23 bits per heavy atom. The second kappa shape index (κ2) is 5.73. The van der Waals surface area contributed by atoms with Gasteiger partial charge in [0, 0.05) is 6.54 Å². The molecule has 0 unspecified atom stereocenters. The van der Waals surface area contributed by atoms with Crippen molar-refractivity contribution < 1.29 is 0 Å². The molecule has 0 radical (unpaired) electrons. The summed E-state index contributed by atoms with van der Waals surface area (Å²) in [7, 11) is 0. The van der Waals surface area contributed by atoms with E-state index >= 15 is 0 Å². The molecule has 0 N–H and O–H groups in total. The van der Waals surface area contributed by atoms with Crippen molar-refractivity contribution in [3.05, 3.63) is 11.9 Å². The number of hydrogen-bond acceptors (Lipinski definition) is 2. The molecule has 0 spiro atoms. The Bertz CT molecular complexity index is 230. The van der Waals surface area contributed by atoms with E-state index in [0.717, 1.165) is 19.4 Å². The average Bonchev–Trinajstić information content (AvgIpc) is 2.54. The number of nitrogens with zero attached hydrogens (tertiary/aromatic N) is 3. The van der Waals surface area contributed by atoms with Crippen LogP contribution in [0.4, 0.5) is 0 Å². The van der Waals surface area contributed by atoms with Crippen LogP contribution in [0.5, 0.6) is 0 Å². The van der Waals surface area contributed by atoms with Crippen LogP contribution in [0.15, 0.2) is 6.20 Å². The number of aryl methyl sites for hydroxylation is 2. The van der Waals surface area contributed by atoms with Crippen LogP contribution in [0.1, 0.15) is 45.2 Å². The maximum Gasteiger partial charge on any atom is 0.0725 e. The van der Waals surface area contributed by atoms with E-state index in [0.29, 0.717) is 0 Å². The Morgan fingerprint density at radius 3 is 2.77 bits per heavy atom. The molecule has 0 saturated heterocycles. The smallest absolute Gasteiger partial charge is 0.0725 e. The van der Waals surface area contributed by atoms with Crippen LogP contribution in [0.25, 0.3) is 0 Å². The molecule has 0 atom stereocenters. The van der Waals surface area contributed by atoms with E-state index in [1.54, 1.807) is 0 Å². The van der Waals surface area contributed by atoms with Crippen molar-refractivity contribution in [1.29, 1.82) is 0 Å². The van der Waals surface area contributed by atoms with Gasteiger partial charge in [-0.1, -0.05) is 31.9 Å². The van der Waals surface area contributed by atoms with E-state index in [2.05, 4.69) is 24.2 Å². The van der Waals surface area contributed by atoms with Crippen molar-refractivity contribution in [2.24, 2.45) is 0 Å². The Kier molecular flexibility index (Phi) is 4.50. The lowest BCUT2D eigenvalue weighted by atomic mass is 10.2. The third kappa shape index (κ3) is 3.17. The maximum atomic E-state index is 4.05. The van der Waals surface area contributed by atoms with Crippen LogP contribution in [-0.2, 0) is 13.0 Å². The highest BCUT2D eigenvalue weighted by atomic mass is 15.4. The van der Waals surface area contributed by atoms with Gasteiger partial charge in [0.1, 0.15) is 0 Å². The molecule has 3 nitrogen and oxygen atoms in total. The summed E-state index contributed by atoms with van der Waals surface area (Å²) in [5.41, 5.74) is 1.29. The van der Waals surface area contributed by atoms with Crippen molar-refractivity contribution in [3.8, 4) is 0 Å². The first kappa shape index (κ1) is 10.2. The zero-order chi connectivity index (χ0) is 9.52. The Labute approximate surface area is 80.1 Å². The second-order valence-corrected chi connectivity index (χ2v) is 3.41. The Hall–Kier alpha value is -0.860. The van der Waals surface area contributed by atoms with E-state index < -0.39 is 0 Å². The van der Waals surface area contributed by atoms with Gasteiger partial charge in [-0.05, 0) is 19.3 Å². The van der Waals surface area contributed by atoms with E-state index in [1.165, 1.54) is 25.0 Å². The minimum absolute atomic E-state index is 1.00. The molecule has 0 fully saturated rings. The number of aromatic nitrogens is 3. The average molecular weight is 181 g/mol. The number of hydrogen-bond donors (Lipinski definition) is 0. The first-order valence-corrected chi connectivity index (χ1v) is 5.25. The highest BCUT2D eigenvalue weighted by molar-refractivity contribution is 4.93. The third-order valence-electron chi connectivity index (χ3n) is 2.17. The molecule has 0 aliphatic rings. The van der Waals surface area contributed by atoms with Crippen LogP contribution in [-0.4, -0.2) is 15.0 Å². The SMILES string of the molecule is CCCCCc1cnnn1CCC. The first-order valence-electron chi connectivity index (χ1n) is 5.25. The third-order valence-corrected chi connectivity index (χ3v) is 2.17. The summed E-state index contributed by atoms with van der Waals surface area (Å²) in [5, 5.41) is 7.98. The Balaban J connectivity index is 2.40. The van der Waals surface area contributed by atoms with Gasteiger partial charge in [0.25, 0.3) is 0 Å². The molecular weight excluding hydrogens is 162 g/mol. The first-order chi connectivity index (χ1) is 6.38. The van der Waals surface area contributed by atoms with Crippen molar-refractivity contribution in [3.63, 3.8) is 0 Å². The minimum Gasteiger partial charge on any atom is -0.249 e. The van der Waals surface area contributed by atoms with Gasteiger partial charge in [-0.25, -0.2) is 4.68 Å². The summed E-state index contributed by atoms with van der Waals surface area (Å²) in [4.78, 5) is 0. The molecule has 0 aliphatic carbocycles. The zero-order valence-corrected chi connectivity index (χ0v) is 8.66. The summed E-state index contributed by atoms with van der Waals surface area (Å²) in [6.07, 6.45) is 7.98. The van der Waals surface area contributed by atoms with Crippen molar-refractivity contribution in [2.75, 3.05) is 0 Å². The summed E-state index contributed by atoms with van der Waals surface area (Å²) in [5.74, 6) is 0. The molecule has 0 amide bonds. The lowest BCUT2D eigenvalue weighted by molar-refractivity contribution is 0.546. The van der Waals surface area contributed by atoms with Gasteiger partial charge in [0.2, 0.25) is 0 Å². The van der Waals surface area contributed by atoms with Gasteiger partial charge < -0.3 is 0 Å². The highest BCUT2D eigenvalue weighted by Gasteiger charge is 2.01. The highest BCUT2D eigenvalue weighted by Crippen LogP contribution is 2.05. The fourth-order valence-electron chi connectivity index (χ4n) is 1.43. The summed E-state index contributed by atoms with van der Waals surface area (Å²) < 4.78 is 2.02. The van der Waals surface area contributed by atoms with Crippen LogP contribution in [0.3, 0.4) is 0 Å². The van der Waals surface area contributed by atoms with Crippen molar-refractivity contribution >= 4 is 0 Å². The predicted molar refractivity (Wildman–Crippen MR) is 53.5 cm³/mol. The van der Waals surface area contributed by atoms with Gasteiger partial charge in [-0.2, -0.15) is 0 Å². The standard InChI is InChI=1S/C10H19N3/c1-3-5-6-7-10-9-11-12-13(10)8-4-2/h9H,3-8H2,1-2H3. The monoisotopic (exact) mass is 181 g/mol. The lowest BCUT2D eigenvalue weighted by Crippen LogP contribution is -2.04. The molecule has 0 saturated carbocycles. The van der Waals surface area contributed by atoms with Crippen LogP contribution in [0, 0.1) is 0 Å². The van der Waals surface area contributed by atoms with E-state index in [4.69, 9.17) is 0 Å². The number of rotatable bonds is 6. The van der Waals surface area contributed by atoms with Crippen LogP contribution < -0.4 is 0 Å². The molecule has 0 bridgehead atoms. The molecular formula is C10H19N3. The molecule has 1 heterocycles. The number of unbranched alkanes of at least 4 members (excludes halogenated alkanes) is 2. The summed E-state index contributed by atoms with van der Waals surface area (Å²) >= 11 is 0. The molecule has 74 valence electrons. The van der Waals surface area contributed by atoms with Crippen molar-refractivity contribution in [1.82, 2.24) is 15.0 Å². The molecule has 0 aliphatic heterocycles. The van der Waals surface area contributed by atoms with E-state index in [1.807, 2.05) is 10.9 Å². The fourth-order valence-corrected chi connectivity index (χ4v) is 1.43. The topological polar surface area (TPSA) is 30.7 Å². The van der Waals surface area contributed by atoms with Gasteiger partial charge in [0.15, 0.2) is 0 Å². The van der Waals surface area contributed by atoms with Crippen LogP contribution >= 0.6 is 0 Å².